The highest BCUT2D eigenvalue weighted by Gasteiger charge is 2.35. The molecule has 1 fully saturated rings. The number of para-hydroxylation sites is 1. The number of carbonyl (C=O) groups is 2. The second-order valence-corrected chi connectivity index (χ2v) is 7.64. The number of aromatic nitrogens is 1. The molecule has 1 saturated heterocycles. The molecule has 24 heavy (non-hydrogen) atoms. The molecule has 0 saturated carbocycles. The molecule has 0 amide bonds. The molecule has 0 N–H and O–H groups in total. The molecule has 0 radical (unpaired) electrons. The van der Waals surface area contributed by atoms with Crippen molar-refractivity contribution in [2.24, 2.45) is 0 Å². The summed E-state index contributed by atoms with van der Waals surface area (Å²) in [6.07, 6.45) is -0.613. The lowest BCUT2D eigenvalue weighted by Gasteiger charge is -2.06. The Labute approximate surface area is 145 Å². The maximum Gasteiger partial charge on any atom is 0.349 e. The van der Waals surface area contributed by atoms with Crippen molar-refractivity contribution in [2.75, 3.05) is 0 Å². The molecule has 1 aliphatic rings. The van der Waals surface area contributed by atoms with Gasteiger partial charge in [-0.05, 0) is 31.2 Å². The molecule has 3 aromatic rings. The largest absolute Gasteiger partial charge is 0.460 e. The molecule has 0 aliphatic carbocycles. The molecule has 4 rings (SSSR count). The zero-order chi connectivity index (χ0) is 16.7. The summed E-state index contributed by atoms with van der Waals surface area (Å²) >= 11 is 2.90. The third-order valence-electron chi connectivity index (χ3n) is 3.69. The minimum Gasteiger partial charge on any atom is -0.460 e. The van der Waals surface area contributed by atoms with Gasteiger partial charge in [-0.15, -0.1) is 22.7 Å². The molecule has 0 unspecified atom stereocenters. The van der Waals surface area contributed by atoms with Crippen molar-refractivity contribution < 1.29 is 19.1 Å². The van der Waals surface area contributed by atoms with Gasteiger partial charge in [-0.2, -0.15) is 0 Å². The highest BCUT2D eigenvalue weighted by molar-refractivity contribution is 7.26. The molecular weight excluding hydrogens is 346 g/mol. The fourth-order valence-corrected chi connectivity index (χ4v) is 4.45. The third kappa shape index (κ3) is 2.81. The van der Waals surface area contributed by atoms with E-state index in [2.05, 4.69) is 4.98 Å². The summed E-state index contributed by atoms with van der Waals surface area (Å²) in [5.74, 6) is -0.970. The van der Waals surface area contributed by atoms with Gasteiger partial charge in [0, 0.05) is 6.42 Å². The van der Waals surface area contributed by atoms with Crippen LogP contribution in [0.15, 0.2) is 36.4 Å². The Morgan fingerprint density at radius 3 is 2.83 bits per heavy atom. The van der Waals surface area contributed by atoms with E-state index in [1.165, 1.54) is 11.3 Å². The number of cyclic esters (lactones) is 1. The number of fused-ring (bicyclic) bond motifs is 1. The number of thiazole rings is 1. The van der Waals surface area contributed by atoms with Crippen molar-refractivity contribution >= 4 is 44.8 Å². The number of benzene rings is 1. The van der Waals surface area contributed by atoms with E-state index >= 15 is 0 Å². The van der Waals surface area contributed by atoms with Crippen LogP contribution in [0.4, 0.5) is 0 Å². The minimum atomic E-state index is -0.805. The van der Waals surface area contributed by atoms with Crippen LogP contribution in [0.25, 0.3) is 20.1 Å². The van der Waals surface area contributed by atoms with Gasteiger partial charge in [0.15, 0.2) is 0 Å². The summed E-state index contributed by atoms with van der Waals surface area (Å²) in [5.41, 5.74) is 0.942. The molecule has 0 spiro atoms. The number of nitrogens with zero attached hydrogens (tertiary/aromatic N) is 1. The molecule has 7 heteroatoms. The molecule has 2 atom stereocenters. The molecule has 2 aromatic heterocycles. The molecule has 1 aliphatic heterocycles. The normalized spacial score (nSPS) is 20.3. The van der Waals surface area contributed by atoms with Crippen LogP contribution < -0.4 is 0 Å². The number of rotatable bonds is 3. The van der Waals surface area contributed by atoms with E-state index in [0.29, 0.717) is 11.3 Å². The highest BCUT2D eigenvalue weighted by atomic mass is 32.1. The smallest absolute Gasteiger partial charge is 0.349 e. The fourth-order valence-electron chi connectivity index (χ4n) is 2.54. The van der Waals surface area contributed by atoms with Crippen molar-refractivity contribution in [1.29, 1.82) is 0 Å². The van der Waals surface area contributed by atoms with Crippen LogP contribution in [0.1, 0.15) is 23.0 Å². The Hall–Kier alpha value is -2.25. The first kappa shape index (κ1) is 15.3. The van der Waals surface area contributed by atoms with Gasteiger partial charge in [-0.3, -0.25) is 0 Å². The minimum absolute atomic E-state index is 0.211. The topological polar surface area (TPSA) is 65.5 Å². The Kier molecular flexibility index (Phi) is 3.82. The molecule has 5 nitrogen and oxygen atoms in total. The van der Waals surface area contributed by atoms with Gasteiger partial charge in [-0.25, -0.2) is 14.6 Å². The zero-order valence-electron chi connectivity index (χ0n) is 12.7. The van der Waals surface area contributed by atoms with Crippen LogP contribution in [0.2, 0.25) is 0 Å². The Morgan fingerprint density at radius 2 is 2.08 bits per heavy atom. The van der Waals surface area contributed by atoms with Crippen molar-refractivity contribution in [1.82, 2.24) is 4.98 Å². The van der Waals surface area contributed by atoms with E-state index in [1.807, 2.05) is 30.3 Å². The average Bonchev–Trinajstić information content (AvgIpc) is 3.25. The van der Waals surface area contributed by atoms with Crippen LogP contribution in [-0.2, 0) is 14.3 Å². The second kappa shape index (κ2) is 5.99. The maximum absolute atomic E-state index is 12.2. The van der Waals surface area contributed by atoms with Gasteiger partial charge in [-0.1, -0.05) is 12.1 Å². The maximum atomic E-state index is 12.2. The zero-order valence-corrected chi connectivity index (χ0v) is 14.4. The number of hydrogen-bond donors (Lipinski definition) is 0. The van der Waals surface area contributed by atoms with E-state index < -0.39 is 18.0 Å². The van der Waals surface area contributed by atoms with E-state index in [4.69, 9.17) is 9.47 Å². The van der Waals surface area contributed by atoms with E-state index in [1.54, 1.807) is 24.3 Å². The van der Waals surface area contributed by atoms with E-state index in [-0.39, 0.29) is 6.10 Å². The van der Waals surface area contributed by atoms with E-state index in [9.17, 15) is 9.59 Å². The molecular formula is C17H13NO4S2. The average molecular weight is 359 g/mol. The fraction of sp³-hybridized carbons (Fsp3) is 0.235. The first-order valence-electron chi connectivity index (χ1n) is 7.47. The SMILES string of the molecule is C[C@H]1C[C@H](OC(=O)c2ccc(-c3nc4ccccc4s3)s2)C(=O)O1. The van der Waals surface area contributed by atoms with Crippen LogP contribution in [0, 0.1) is 0 Å². The Morgan fingerprint density at radius 1 is 1.25 bits per heavy atom. The molecule has 0 bridgehead atoms. The lowest BCUT2D eigenvalue weighted by Crippen LogP contribution is -2.22. The number of thiophene rings is 1. The number of ether oxygens (including phenoxy) is 2. The summed E-state index contributed by atoms with van der Waals surface area (Å²) in [7, 11) is 0. The van der Waals surface area contributed by atoms with Gasteiger partial charge in [0.05, 0.1) is 15.1 Å². The Bertz CT molecular complexity index is 896. The van der Waals surface area contributed by atoms with E-state index in [0.717, 1.165) is 20.1 Å². The van der Waals surface area contributed by atoms with Crippen molar-refractivity contribution in [3.05, 3.63) is 41.3 Å². The molecule has 122 valence electrons. The van der Waals surface area contributed by atoms with Crippen molar-refractivity contribution in [3.8, 4) is 9.88 Å². The second-order valence-electron chi connectivity index (χ2n) is 5.53. The van der Waals surface area contributed by atoms with Crippen LogP contribution in [0.3, 0.4) is 0 Å². The Balaban J connectivity index is 1.54. The van der Waals surface area contributed by atoms with Gasteiger partial charge in [0.25, 0.3) is 0 Å². The van der Waals surface area contributed by atoms with Crippen LogP contribution >= 0.6 is 22.7 Å². The summed E-state index contributed by atoms with van der Waals surface area (Å²) in [4.78, 5) is 29.8. The van der Waals surface area contributed by atoms with Gasteiger partial charge >= 0.3 is 11.9 Å². The van der Waals surface area contributed by atoms with Gasteiger partial charge in [0.1, 0.15) is 16.0 Å². The molecule has 1 aromatic carbocycles. The molecule has 3 heterocycles. The number of hydrogen-bond acceptors (Lipinski definition) is 7. The third-order valence-corrected chi connectivity index (χ3v) is 5.96. The van der Waals surface area contributed by atoms with Crippen LogP contribution in [-0.4, -0.2) is 29.1 Å². The van der Waals surface area contributed by atoms with Crippen molar-refractivity contribution in [3.63, 3.8) is 0 Å². The number of esters is 2. The summed E-state index contributed by atoms with van der Waals surface area (Å²) in [6.45, 7) is 1.78. The summed E-state index contributed by atoms with van der Waals surface area (Å²) in [6, 6.07) is 11.5. The summed E-state index contributed by atoms with van der Waals surface area (Å²) in [5, 5.41) is 0.870. The monoisotopic (exact) mass is 359 g/mol. The quantitative estimate of drug-likeness (QED) is 0.664. The number of carbonyl (C=O) groups excluding carboxylic acids is 2. The van der Waals surface area contributed by atoms with Crippen molar-refractivity contribution in [2.45, 2.75) is 25.6 Å². The summed E-state index contributed by atoms with van der Waals surface area (Å²) < 4.78 is 11.4. The predicted octanol–water partition coefficient (Wildman–Crippen LogP) is 3.89. The van der Waals surface area contributed by atoms with Gasteiger partial charge in [0.2, 0.25) is 6.10 Å². The first-order valence-corrected chi connectivity index (χ1v) is 9.11. The first-order chi connectivity index (χ1) is 11.6. The van der Waals surface area contributed by atoms with Gasteiger partial charge < -0.3 is 9.47 Å². The standard InChI is InChI=1S/C17H13NO4S2/c1-9-8-11(16(19)21-9)22-17(20)14-7-6-13(23-14)15-18-10-4-2-3-5-12(10)24-15/h2-7,9,11H,8H2,1H3/t9-,11-/m0/s1. The lowest BCUT2D eigenvalue weighted by molar-refractivity contribution is -0.147. The van der Waals surface area contributed by atoms with Crippen LogP contribution in [0.5, 0.6) is 0 Å². The lowest BCUT2D eigenvalue weighted by atomic mass is 10.2. The predicted molar refractivity (Wildman–Crippen MR) is 92.3 cm³/mol. The highest BCUT2D eigenvalue weighted by Crippen LogP contribution is 2.34.